The van der Waals surface area contributed by atoms with Crippen molar-refractivity contribution in [2.24, 2.45) is 11.7 Å². The topological polar surface area (TPSA) is 55.1 Å². The number of nitrogens with one attached hydrogen (secondary N) is 1. The Balaban J connectivity index is 2.20. The Morgan fingerprint density at radius 2 is 1.94 bits per heavy atom. The molecular formula is C14H28N2O. The van der Waals surface area contributed by atoms with E-state index in [2.05, 4.69) is 12.2 Å². The summed E-state index contributed by atoms with van der Waals surface area (Å²) in [6.45, 7) is 3.02. The van der Waals surface area contributed by atoms with Crippen molar-refractivity contribution in [3.8, 4) is 0 Å². The number of nitrogens with two attached hydrogens (primary N) is 1. The van der Waals surface area contributed by atoms with E-state index >= 15 is 0 Å². The smallest absolute Gasteiger partial charge is 0.224 e. The van der Waals surface area contributed by atoms with Crippen LogP contribution in [0.4, 0.5) is 0 Å². The summed E-state index contributed by atoms with van der Waals surface area (Å²) < 4.78 is 0. The Hall–Kier alpha value is -0.570. The maximum atomic E-state index is 12.0. The predicted molar refractivity (Wildman–Crippen MR) is 71.7 cm³/mol. The van der Waals surface area contributed by atoms with Crippen LogP contribution in [0.5, 0.6) is 0 Å². The fourth-order valence-corrected chi connectivity index (χ4v) is 2.56. The van der Waals surface area contributed by atoms with E-state index in [1.165, 1.54) is 32.1 Å². The second-order valence-corrected chi connectivity index (χ2v) is 5.26. The molecule has 0 aromatic heterocycles. The largest absolute Gasteiger partial charge is 0.356 e. The molecule has 1 rings (SSSR count). The van der Waals surface area contributed by atoms with E-state index in [9.17, 15) is 4.79 Å². The van der Waals surface area contributed by atoms with Crippen molar-refractivity contribution in [2.45, 2.75) is 70.8 Å². The van der Waals surface area contributed by atoms with Gasteiger partial charge in [0.25, 0.3) is 0 Å². The van der Waals surface area contributed by atoms with Crippen molar-refractivity contribution >= 4 is 5.91 Å². The van der Waals surface area contributed by atoms with Crippen molar-refractivity contribution in [3.63, 3.8) is 0 Å². The van der Waals surface area contributed by atoms with Gasteiger partial charge >= 0.3 is 0 Å². The van der Waals surface area contributed by atoms with Gasteiger partial charge in [0.2, 0.25) is 5.91 Å². The third-order valence-electron chi connectivity index (χ3n) is 3.74. The van der Waals surface area contributed by atoms with Crippen LogP contribution in [-0.4, -0.2) is 18.5 Å². The Morgan fingerprint density at radius 3 is 2.71 bits per heavy atom. The molecule has 0 aliphatic heterocycles. The second kappa shape index (κ2) is 8.51. The number of carbonyl (C=O) groups excluding carboxylic acids is 1. The van der Waals surface area contributed by atoms with Crippen molar-refractivity contribution in [1.82, 2.24) is 5.32 Å². The van der Waals surface area contributed by atoms with Crippen LogP contribution in [0.15, 0.2) is 0 Å². The molecule has 3 nitrogen and oxygen atoms in total. The monoisotopic (exact) mass is 240 g/mol. The lowest BCUT2D eigenvalue weighted by Gasteiger charge is -2.20. The van der Waals surface area contributed by atoms with Crippen LogP contribution in [0.25, 0.3) is 0 Å². The first kappa shape index (κ1) is 14.5. The molecule has 0 saturated heterocycles. The van der Waals surface area contributed by atoms with Crippen LogP contribution in [0.2, 0.25) is 0 Å². The normalized spacial score (nSPS) is 25.3. The van der Waals surface area contributed by atoms with E-state index in [-0.39, 0.29) is 17.9 Å². The summed E-state index contributed by atoms with van der Waals surface area (Å²) in [5, 5.41) is 3.05. The average molecular weight is 240 g/mol. The van der Waals surface area contributed by atoms with Gasteiger partial charge in [0.1, 0.15) is 0 Å². The van der Waals surface area contributed by atoms with E-state index in [4.69, 9.17) is 5.73 Å². The average Bonchev–Trinajstić information content (AvgIpc) is 2.53. The van der Waals surface area contributed by atoms with Gasteiger partial charge in [0.15, 0.2) is 0 Å². The lowest BCUT2D eigenvalue weighted by Crippen LogP contribution is -2.41. The molecule has 1 amide bonds. The van der Waals surface area contributed by atoms with Crippen LogP contribution in [0.3, 0.4) is 0 Å². The first-order valence-corrected chi connectivity index (χ1v) is 7.29. The maximum Gasteiger partial charge on any atom is 0.224 e. The second-order valence-electron chi connectivity index (χ2n) is 5.26. The van der Waals surface area contributed by atoms with Crippen LogP contribution < -0.4 is 11.1 Å². The number of rotatable bonds is 6. The zero-order chi connectivity index (χ0) is 12.5. The van der Waals surface area contributed by atoms with Crippen LogP contribution in [0, 0.1) is 5.92 Å². The van der Waals surface area contributed by atoms with Gasteiger partial charge in [0, 0.05) is 12.6 Å². The first-order valence-electron chi connectivity index (χ1n) is 7.29. The first-order chi connectivity index (χ1) is 8.25. The highest BCUT2D eigenvalue weighted by molar-refractivity contribution is 5.79. The van der Waals surface area contributed by atoms with Gasteiger partial charge in [0.05, 0.1) is 5.92 Å². The Kier molecular flexibility index (Phi) is 7.25. The van der Waals surface area contributed by atoms with Gasteiger partial charge in [-0.2, -0.15) is 0 Å². The van der Waals surface area contributed by atoms with Gasteiger partial charge < -0.3 is 11.1 Å². The van der Waals surface area contributed by atoms with Gasteiger partial charge in [-0.3, -0.25) is 4.79 Å². The van der Waals surface area contributed by atoms with Gasteiger partial charge in [-0.05, 0) is 19.3 Å². The number of hydrogen-bond acceptors (Lipinski definition) is 2. The molecule has 17 heavy (non-hydrogen) atoms. The summed E-state index contributed by atoms with van der Waals surface area (Å²) in [5.41, 5.74) is 6.07. The quantitative estimate of drug-likeness (QED) is 0.554. The molecule has 1 aliphatic carbocycles. The minimum Gasteiger partial charge on any atom is -0.356 e. The highest BCUT2D eigenvalue weighted by atomic mass is 16.1. The van der Waals surface area contributed by atoms with Crippen LogP contribution >= 0.6 is 0 Å². The predicted octanol–water partition coefficient (Wildman–Crippen LogP) is 2.59. The minimum atomic E-state index is 0.0590. The molecule has 0 bridgehead atoms. The summed E-state index contributed by atoms with van der Waals surface area (Å²) in [5.74, 6) is 0.250. The van der Waals surface area contributed by atoms with E-state index in [0.29, 0.717) is 0 Å². The van der Waals surface area contributed by atoms with Crippen molar-refractivity contribution in [1.29, 1.82) is 0 Å². The van der Waals surface area contributed by atoms with E-state index in [1.807, 2.05) is 0 Å². The fraction of sp³-hybridized carbons (Fsp3) is 0.929. The lowest BCUT2D eigenvalue weighted by atomic mass is 9.94. The standard InChI is InChI=1S/C14H28N2O/c1-2-3-4-8-11-16-14(17)12-9-6-5-7-10-13(12)15/h12-13H,2-11,15H2,1H3,(H,16,17). The molecular weight excluding hydrogens is 212 g/mol. The third-order valence-corrected chi connectivity index (χ3v) is 3.74. The number of amides is 1. The number of unbranched alkanes of at least 4 members (excludes halogenated alkanes) is 3. The Bertz CT molecular complexity index is 218. The minimum absolute atomic E-state index is 0.0590. The molecule has 1 saturated carbocycles. The third kappa shape index (κ3) is 5.53. The SMILES string of the molecule is CCCCCCNC(=O)C1CCCCCC1N. The van der Waals surface area contributed by atoms with Crippen molar-refractivity contribution in [2.75, 3.05) is 6.54 Å². The van der Waals surface area contributed by atoms with Crippen molar-refractivity contribution < 1.29 is 4.79 Å². The highest BCUT2D eigenvalue weighted by Crippen LogP contribution is 2.22. The highest BCUT2D eigenvalue weighted by Gasteiger charge is 2.26. The van der Waals surface area contributed by atoms with E-state index in [0.717, 1.165) is 32.2 Å². The fourth-order valence-electron chi connectivity index (χ4n) is 2.56. The Morgan fingerprint density at radius 1 is 1.18 bits per heavy atom. The molecule has 0 aromatic carbocycles. The van der Waals surface area contributed by atoms with Gasteiger partial charge in [-0.25, -0.2) is 0 Å². The maximum absolute atomic E-state index is 12.0. The van der Waals surface area contributed by atoms with Gasteiger partial charge in [-0.1, -0.05) is 45.4 Å². The zero-order valence-electron chi connectivity index (χ0n) is 11.2. The Labute approximate surface area is 106 Å². The van der Waals surface area contributed by atoms with E-state index < -0.39 is 0 Å². The lowest BCUT2D eigenvalue weighted by molar-refractivity contribution is -0.125. The molecule has 0 spiro atoms. The summed E-state index contributed by atoms with van der Waals surface area (Å²) >= 11 is 0. The molecule has 0 heterocycles. The summed E-state index contributed by atoms with van der Waals surface area (Å²) in [4.78, 5) is 12.0. The molecule has 100 valence electrons. The van der Waals surface area contributed by atoms with Gasteiger partial charge in [-0.15, -0.1) is 0 Å². The summed E-state index contributed by atoms with van der Waals surface area (Å²) in [6, 6.07) is 0.0770. The zero-order valence-corrected chi connectivity index (χ0v) is 11.2. The molecule has 2 atom stereocenters. The molecule has 0 aromatic rings. The number of hydrogen-bond donors (Lipinski definition) is 2. The summed E-state index contributed by atoms with van der Waals surface area (Å²) in [6.07, 6.45) is 10.4. The van der Waals surface area contributed by atoms with Crippen LogP contribution in [0.1, 0.15) is 64.7 Å². The van der Waals surface area contributed by atoms with Crippen LogP contribution in [-0.2, 0) is 4.79 Å². The molecule has 1 aliphatic rings. The molecule has 3 heteroatoms. The molecule has 1 fully saturated rings. The summed E-state index contributed by atoms with van der Waals surface area (Å²) in [7, 11) is 0. The molecule has 2 unspecified atom stereocenters. The molecule has 3 N–H and O–H groups in total. The van der Waals surface area contributed by atoms with E-state index in [1.54, 1.807) is 0 Å². The van der Waals surface area contributed by atoms with Crippen molar-refractivity contribution in [3.05, 3.63) is 0 Å². The number of carbonyl (C=O) groups is 1. The molecule has 0 radical (unpaired) electrons.